The molecule has 0 saturated carbocycles. The number of hydrogen-bond acceptors (Lipinski definition) is 2. The van der Waals surface area contributed by atoms with Gasteiger partial charge in [0.2, 0.25) is 0 Å². The van der Waals surface area contributed by atoms with Gasteiger partial charge in [-0.2, -0.15) is 0 Å². The monoisotopic (exact) mass is 364 g/mol. The van der Waals surface area contributed by atoms with Gasteiger partial charge in [-0.25, -0.2) is 4.98 Å². The number of fused-ring (bicyclic) bond motifs is 1. The average Bonchev–Trinajstić information content (AvgIpc) is 2.68. The van der Waals surface area contributed by atoms with Crippen LogP contribution in [0.25, 0.3) is 22.2 Å². The Balaban J connectivity index is 1.91. The molecule has 1 saturated heterocycles. The van der Waals surface area contributed by atoms with Gasteiger partial charge in [0, 0.05) is 29.1 Å². The van der Waals surface area contributed by atoms with Crippen LogP contribution in [0.1, 0.15) is 35.2 Å². The molecule has 0 bridgehead atoms. The Bertz CT molecular complexity index is 960. The zero-order valence-corrected chi connectivity index (χ0v) is 15.6. The van der Waals surface area contributed by atoms with E-state index in [0.29, 0.717) is 5.02 Å². The number of pyridine rings is 1. The van der Waals surface area contributed by atoms with Crippen LogP contribution in [-0.2, 0) is 0 Å². The predicted molar refractivity (Wildman–Crippen MR) is 107 cm³/mol. The second-order valence-corrected chi connectivity index (χ2v) is 7.27. The van der Waals surface area contributed by atoms with Crippen molar-refractivity contribution >= 4 is 28.4 Å². The van der Waals surface area contributed by atoms with Gasteiger partial charge in [0.15, 0.2) is 0 Å². The summed E-state index contributed by atoms with van der Waals surface area (Å²) in [5.41, 5.74) is 4.39. The summed E-state index contributed by atoms with van der Waals surface area (Å²) < 4.78 is 0. The van der Waals surface area contributed by atoms with Crippen molar-refractivity contribution in [2.75, 3.05) is 13.1 Å². The Labute approximate surface area is 158 Å². The highest BCUT2D eigenvalue weighted by atomic mass is 35.5. The number of rotatable bonds is 2. The molecular formula is C22H21ClN2O. The number of carbonyl (C=O) groups excluding carboxylic acids is 1. The van der Waals surface area contributed by atoms with Crippen molar-refractivity contribution in [3.05, 3.63) is 64.7 Å². The molecule has 1 aliphatic heterocycles. The zero-order valence-electron chi connectivity index (χ0n) is 14.8. The van der Waals surface area contributed by atoms with E-state index in [1.165, 1.54) is 6.42 Å². The van der Waals surface area contributed by atoms with Crippen LogP contribution in [0.3, 0.4) is 0 Å². The first-order chi connectivity index (χ1) is 12.6. The molecule has 26 heavy (non-hydrogen) atoms. The van der Waals surface area contributed by atoms with E-state index in [1.54, 1.807) is 0 Å². The molecular weight excluding hydrogens is 344 g/mol. The normalized spacial score (nSPS) is 14.6. The van der Waals surface area contributed by atoms with Crippen molar-refractivity contribution < 1.29 is 4.79 Å². The molecule has 0 atom stereocenters. The second kappa shape index (κ2) is 7.08. The van der Waals surface area contributed by atoms with Crippen molar-refractivity contribution in [2.45, 2.75) is 26.2 Å². The van der Waals surface area contributed by atoms with Gasteiger partial charge in [-0.1, -0.05) is 41.9 Å². The minimum absolute atomic E-state index is 0.121. The highest BCUT2D eigenvalue weighted by molar-refractivity contribution is 6.30. The van der Waals surface area contributed by atoms with E-state index in [-0.39, 0.29) is 5.91 Å². The third-order valence-corrected chi connectivity index (χ3v) is 5.36. The standard InChI is InChI=1S/C22H21ClN2O/c1-15-20(22(26)25-13-5-2-6-14-25)18-7-3-4-8-19(18)24-21(15)16-9-11-17(23)12-10-16/h3-4,7-12H,2,5-6,13-14H2,1H3. The maximum absolute atomic E-state index is 13.3. The van der Waals surface area contributed by atoms with Gasteiger partial charge in [0.25, 0.3) is 5.91 Å². The van der Waals surface area contributed by atoms with Gasteiger partial charge in [-0.05, 0) is 49.9 Å². The molecule has 3 nitrogen and oxygen atoms in total. The molecule has 3 aromatic rings. The number of likely N-dealkylation sites (tertiary alicyclic amines) is 1. The van der Waals surface area contributed by atoms with Crippen molar-refractivity contribution in [2.24, 2.45) is 0 Å². The van der Waals surface area contributed by atoms with Crippen LogP contribution >= 0.6 is 11.6 Å². The van der Waals surface area contributed by atoms with Gasteiger partial charge in [-0.15, -0.1) is 0 Å². The van der Waals surface area contributed by atoms with Crippen LogP contribution in [0.5, 0.6) is 0 Å². The van der Waals surface area contributed by atoms with Gasteiger partial charge in [-0.3, -0.25) is 4.79 Å². The molecule has 1 aromatic heterocycles. The number of para-hydroxylation sites is 1. The third-order valence-electron chi connectivity index (χ3n) is 5.11. The van der Waals surface area contributed by atoms with E-state index >= 15 is 0 Å². The van der Waals surface area contributed by atoms with Gasteiger partial charge in [0.05, 0.1) is 16.8 Å². The molecule has 1 fully saturated rings. The van der Waals surface area contributed by atoms with Crippen LogP contribution in [0, 0.1) is 6.92 Å². The Morgan fingerprint density at radius 2 is 1.69 bits per heavy atom. The average molecular weight is 365 g/mol. The first kappa shape index (κ1) is 17.0. The largest absolute Gasteiger partial charge is 0.339 e. The van der Waals surface area contributed by atoms with E-state index in [9.17, 15) is 4.79 Å². The summed E-state index contributed by atoms with van der Waals surface area (Å²) in [5, 5.41) is 1.62. The Hall–Kier alpha value is -2.39. The summed E-state index contributed by atoms with van der Waals surface area (Å²) >= 11 is 6.04. The fraction of sp³-hybridized carbons (Fsp3) is 0.273. The summed E-state index contributed by atoms with van der Waals surface area (Å²) in [7, 11) is 0. The maximum Gasteiger partial charge on any atom is 0.254 e. The van der Waals surface area contributed by atoms with E-state index in [0.717, 1.165) is 59.2 Å². The molecule has 4 rings (SSSR count). The van der Waals surface area contributed by atoms with E-state index in [1.807, 2.05) is 60.4 Å². The maximum atomic E-state index is 13.3. The lowest BCUT2D eigenvalue weighted by Gasteiger charge is -2.28. The van der Waals surface area contributed by atoms with E-state index in [2.05, 4.69) is 0 Å². The minimum atomic E-state index is 0.121. The minimum Gasteiger partial charge on any atom is -0.339 e. The first-order valence-corrected chi connectivity index (χ1v) is 9.47. The van der Waals surface area contributed by atoms with Gasteiger partial charge >= 0.3 is 0 Å². The number of amides is 1. The third kappa shape index (κ3) is 3.08. The molecule has 0 spiro atoms. The van der Waals surface area contributed by atoms with Crippen LogP contribution in [-0.4, -0.2) is 28.9 Å². The summed E-state index contributed by atoms with van der Waals surface area (Å²) in [4.78, 5) is 20.2. The number of hydrogen-bond donors (Lipinski definition) is 0. The van der Waals surface area contributed by atoms with Crippen molar-refractivity contribution in [1.29, 1.82) is 0 Å². The molecule has 0 radical (unpaired) electrons. The number of piperidine rings is 1. The van der Waals surface area contributed by atoms with Crippen molar-refractivity contribution in [3.63, 3.8) is 0 Å². The smallest absolute Gasteiger partial charge is 0.254 e. The molecule has 132 valence electrons. The highest BCUT2D eigenvalue weighted by Crippen LogP contribution is 2.31. The second-order valence-electron chi connectivity index (χ2n) is 6.84. The number of carbonyl (C=O) groups is 1. The lowest BCUT2D eigenvalue weighted by Crippen LogP contribution is -2.36. The summed E-state index contributed by atoms with van der Waals surface area (Å²) in [6.45, 7) is 3.68. The van der Waals surface area contributed by atoms with Crippen LogP contribution in [0.2, 0.25) is 5.02 Å². The fourth-order valence-electron chi connectivity index (χ4n) is 3.73. The first-order valence-electron chi connectivity index (χ1n) is 9.10. The summed E-state index contributed by atoms with van der Waals surface area (Å²) in [5.74, 6) is 0.121. The zero-order chi connectivity index (χ0) is 18.1. The van der Waals surface area contributed by atoms with E-state index in [4.69, 9.17) is 16.6 Å². The number of aromatic nitrogens is 1. The molecule has 2 aromatic carbocycles. The number of nitrogens with zero attached hydrogens (tertiary/aromatic N) is 2. The molecule has 1 aliphatic rings. The highest BCUT2D eigenvalue weighted by Gasteiger charge is 2.24. The molecule has 0 aliphatic carbocycles. The summed E-state index contributed by atoms with van der Waals surface area (Å²) in [6, 6.07) is 15.5. The van der Waals surface area contributed by atoms with Crippen molar-refractivity contribution in [3.8, 4) is 11.3 Å². The van der Waals surface area contributed by atoms with E-state index < -0.39 is 0 Å². The lowest BCUT2D eigenvalue weighted by molar-refractivity contribution is 0.0725. The fourth-order valence-corrected chi connectivity index (χ4v) is 3.85. The summed E-state index contributed by atoms with van der Waals surface area (Å²) in [6.07, 6.45) is 3.37. The topological polar surface area (TPSA) is 33.2 Å². The Kier molecular flexibility index (Phi) is 4.64. The SMILES string of the molecule is Cc1c(-c2ccc(Cl)cc2)nc2ccccc2c1C(=O)N1CCCCC1. The Morgan fingerprint density at radius 1 is 1.00 bits per heavy atom. The van der Waals surface area contributed by atoms with Crippen LogP contribution in [0.15, 0.2) is 48.5 Å². The van der Waals surface area contributed by atoms with Crippen molar-refractivity contribution in [1.82, 2.24) is 9.88 Å². The molecule has 0 unspecified atom stereocenters. The van der Waals surface area contributed by atoms with Crippen LogP contribution < -0.4 is 0 Å². The molecule has 4 heteroatoms. The van der Waals surface area contributed by atoms with Gasteiger partial charge < -0.3 is 4.90 Å². The lowest BCUT2D eigenvalue weighted by atomic mass is 9.96. The number of halogens is 1. The number of benzene rings is 2. The molecule has 0 N–H and O–H groups in total. The molecule has 2 heterocycles. The Morgan fingerprint density at radius 3 is 2.42 bits per heavy atom. The molecule has 1 amide bonds. The van der Waals surface area contributed by atoms with Crippen LogP contribution in [0.4, 0.5) is 0 Å². The predicted octanol–water partition coefficient (Wildman–Crippen LogP) is 5.49. The van der Waals surface area contributed by atoms with Gasteiger partial charge in [0.1, 0.15) is 0 Å². The quantitative estimate of drug-likeness (QED) is 0.602.